The molecule has 0 aliphatic heterocycles. The molecule has 0 radical (unpaired) electrons. The SMILES string of the molecule is CCCS(=O)(=O)Nc1cccc(C(=O)N(Cc2ccccc2)C2CC2)c1. The number of hydrogen-bond donors (Lipinski definition) is 1. The molecule has 2 aromatic carbocycles. The van der Waals surface area contributed by atoms with E-state index >= 15 is 0 Å². The Morgan fingerprint density at radius 2 is 1.85 bits per heavy atom. The quantitative estimate of drug-likeness (QED) is 0.769. The fourth-order valence-electron chi connectivity index (χ4n) is 2.91. The van der Waals surface area contributed by atoms with Gasteiger partial charge in [-0.05, 0) is 43.0 Å². The molecular weight excluding hydrogens is 348 g/mol. The number of sulfonamides is 1. The summed E-state index contributed by atoms with van der Waals surface area (Å²) >= 11 is 0. The molecule has 1 amide bonds. The van der Waals surface area contributed by atoms with Gasteiger partial charge in [-0.25, -0.2) is 8.42 Å². The number of rotatable bonds is 8. The van der Waals surface area contributed by atoms with E-state index in [0.29, 0.717) is 24.2 Å². The van der Waals surface area contributed by atoms with Gasteiger partial charge in [0.2, 0.25) is 10.0 Å². The first-order valence-corrected chi connectivity index (χ1v) is 10.6. The molecule has 0 aromatic heterocycles. The summed E-state index contributed by atoms with van der Waals surface area (Å²) < 4.78 is 26.5. The second-order valence-corrected chi connectivity index (χ2v) is 8.49. The normalized spacial score (nSPS) is 14.0. The first-order valence-electron chi connectivity index (χ1n) is 8.94. The highest BCUT2D eigenvalue weighted by molar-refractivity contribution is 7.92. The van der Waals surface area contributed by atoms with Gasteiger partial charge in [0.25, 0.3) is 5.91 Å². The van der Waals surface area contributed by atoms with Crippen LogP contribution in [0.3, 0.4) is 0 Å². The van der Waals surface area contributed by atoms with Crippen LogP contribution in [0.15, 0.2) is 54.6 Å². The van der Waals surface area contributed by atoms with E-state index in [1.54, 1.807) is 24.3 Å². The number of amides is 1. The lowest BCUT2D eigenvalue weighted by Gasteiger charge is -2.23. The van der Waals surface area contributed by atoms with Crippen LogP contribution in [0.4, 0.5) is 5.69 Å². The highest BCUT2D eigenvalue weighted by Crippen LogP contribution is 2.30. The van der Waals surface area contributed by atoms with E-state index in [-0.39, 0.29) is 17.7 Å². The Morgan fingerprint density at radius 3 is 2.50 bits per heavy atom. The Bertz CT molecular complexity index is 862. The average molecular weight is 372 g/mol. The second kappa shape index (κ2) is 7.91. The van der Waals surface area contributed by atoms with E-state index in [0.717, 1.165) is 18.4 Å². The maximum absolute atomic E-state index is 13.0. The summed E-state index contributed by atoms with van der Waals surface area (Å²) in [4.78, 5) is 14.9. The van der Waals surface area contributed by atoms with Crippen molar-refractivity contribution in [3.63, 3.8) is 0 Å². The van der Waals surface area contributed by atoms with E-state index in [2.05, 4.69) is 4.72 Å². The van der Waals surface area contributed by atoms with Crippen LogP contribution in [0.2, 0.25) is 0 Å². The molecule has 1 aliphatic carbocycles. The van der Waals surface area contributed by atoms with Crippen LogP contribution in [-0.4, -0.2) is 31.0 Å². The summed E-state index contributed by atoms with van der Waals surface area (Å²) in [6, 6.07) is 16.9. The van der Waals surface area contributed by atoms with Gasteiger partial charge in [-0.2, -0.15) is 0 Å². The number of carbonyl (C=O) groups is 1. The molecule has 0 unspecified atom stereocenters. The Balaban J connectivity index is 1.78. The van der Waals surface area contributed by atoms with Crippen LogP contribution < -0.4 is 4.72 Å². The van der Waals surface area contributed by atoms with Crippen LogP contribution in [0.1, 0.15) is 42.1 Å². The summed E-state index contributed by atoms with van der Waals surface area (Å²) in [5.74, 6) is 0.000741. The summed E-state index contributed by atoms with van der Waals surface area (Å²) in [6.07, 6.45) is 2.57. The van der Waals surface area contributed by atoms with Crippen molar-refractivity contribution in [3.8, 4) is 0 Å². The summed E-state index contributed by atoms with van der Waals surface area (Å²) in [7, 11) is -3.37. The zero-order valence-corrected chi connectivity index (χ0v) is 15.7. The molecule has 0 saturated heterocycles. The van der Waals surface area contributed by atoms with Gasteiger partial charge >= 0.3 is 0 Å². The third-order valence-corrected chi connectivity index (χ3v) is 5.79. The molecule has 6 heteroatoms. The highest BCUT2D eigenvalue weighted by Gasteiger charge is 2.33. The van der Waals surface area contributed by atoms with Crippen molar-refractivity contribution in [2.45, 2.75) is 38.8 Å². The van der Waals surface area contributed by atoms with Gasteiger partial charge in [0.1, 0.15) is 0 Å². The zero-order chi connectivity index (χ0) is 18.6. The molecule has 3 rings (SSSR count). The fraction of sp³-hybridized carbons (Fsp3) is 0.350. The number of nitrogens with one attached hydrogen (secondary N) is 1. The third kappa shape index (κ3) is 4.85. The lowest BCUT2D eigenvalue weighted by atomic mass is 10.1. The molecule has 0 heterocycles. The molecule has 1 fully saturated rings. The minimum absolute atomic E-state index is 0.0621. The molecule has 5 nitrogen and oxygen atoms in total. The number of nitrogens with zero attached hydrogens (tertiary/aromatic N) is 1. The predicted octanol–water partition coefficient (Wildman–Crippen LogP) is 3.64. The molecular formula is C20H24N2O3S. The van der Waals surface area contributed by atoms with Crippen molar-refractivity contribution in [3.05, 3.63) is 65.7 Å². The first kappa shape index (κ1) is 18.5. The first-order chi connectivity index (χ1) is 12.5. The van der Waals surface area contributed by atoms with Crippen molar-refractivity contribution >= 4 is 21.6 Å². The molecule has 0 bridgehead atoms. The van der Waals surface area contributed by atoms with Gasteiger partial charge in [0.05, 0.1) is 5.75 Å². The number of anilines is 1. The van der Waals surface area contributed by atoms with Crippen LogP contribution in [0, 0.1) is 0 Å². The lowest BCUT2D eigenvalue weighted by Crippen LogP contribution is -2.32. The van der Waals surface area contributed by atoms with Crippen molar-refractivity contribution in [2.75, 3.05) is 10.5 Å². The van der Waals surface area contributed by atoms with Crippen LogP contribution in [-0.2, 0) is 16.6 Å². The Hall–Kier alpha value is -2.34. The lowest BCUT2D eigenvalue weighted by molar-refractivity contribution is 0.0730. The predicted molar refractivity (Wildman–Crippen MR) is 103 cm³/mol. The summed E-state index contributed by atoms with van der Waals surface area (Å²) in [5, 5.41) is 0. The van der Waals surface area contributed by atoms with E-state index < -0.39 is 10.0 Å². The Labute approximate surface area is 155 Å². The van der Waals surface area contributed by atoms with Gasteiger partial charge in [0.15, 0.2) is 0 Å². The van der Waals surface area contributed by atoms with Gasteiger partial charge < -0.3 is 4.90 Å². The van der Waals surface area contributed by atoms with Gasteiger partial charge in [0, 0.05) is 23.8 Å². The van der Waals surface area contributed by atoms with Gasteiger partial charge in [-0.15, -0.1) is 0 Å². The van der Waals surface area contributed by atoms with Crippen molar-refractivity contribution in [2.24, 2.45) is 0 Å². The smallest absolute Gasteiger partial charge is 0.254 e. The molecule has 0 atom stereocenters. The Kier molecular flexibility index (Phi) is 5.61. The maximum atomic E-state index is 13.0. The maximum Gasteiger partial charge on any atom is 0.254 e. The molecule has 2 aromatic rings. The van der Waals surface area contributed by atoms with Crippen molar-refractivity contribution in [1.82, 2.24) is 4.90 Å². The molecule has 0 spiro atoms. The fourth-order valence-corrected chi connectivity index (χ4v) is 4.04. The Morgan fingerprint density at radius 1 is 1.12 bits per heavy atom. The molecule has 1 N–H and O–H groups in total. The van der Waals surface area contributed by atoms with Crippen molar-refractivity contribution < 1.29 is 13.2 Å². The monoisotopic (exact) mass is 372 g/mol. The largest absolute Gasteiger partial charge is 0.331 e. The van der Waals surface area contributed by atoms with E-state index in [4.69, 9.17) is 0 Å². The number of hydrogen-bond acceptors (Lipinski definition) is 3. The topological polar surface area (TPSA) is 66.5 Å². The van der Waals surface area contributed by atoms with Gasteiger partial charge in [-0.1, -0.05) is 43.3 Å². The standard InChI is InChI=1S/C20H24N2O3S/c1-2-13-26(24,25)21-18-10-6-9-17(14-18)20(23)22(19-11-12-19)15-16-7-4-3-5-8-16/h3-10,14,19,21H,2,11-13,15H2,1H3. The van der Waals surface area contributed by atoms with E-state index in [9.17, 15) is 13.2 Å². The van der Waals surface area contributed by atoms with Crippen LogP contribution in [0.5, 0.6) is 0 Å². The van der Waals surface area contributed by atoms with E-state index in [1.807, 2.05) is 42.2 Å². The molecule has 138 valence electrons. The highest BCUT2D eigenvalue weighted by atomic mass is 32.2. The van der Waals surface area contributed by atoms with Gasteiger partial charge in [-0.3, -0.25) is 9.52 Å². The van der Waals surface area contributed by atoms with E-state index in [1.165, 1.54) is 0 Å². The minimum Gasteiger partial charge on any atom is -0.331 e. The molecule has 26 heavy (non-hydrogen) atoms. The van der Waals surface area contributed by atoms with Crippen LogP contribution in [0.25, 0.3) is 0 Å². The van der Waals surface area contributed by atoms with Crippen LogP contribution >= 0.6 is 0 Å². The number of carbonyl (C=O) groups excluding carboxylic acids is 1. The molecule has 1 aliphatic rings. The molecule has 1 saturated carbocycles. The minimum atomic E-state index is -3.37. The summed E-state index contributed by atoms with van der Waals surface area (Å²) in [6.45, 7) is 2.38. The second-order valence-electron chi connectivity index (χ2n) is 6.65. The average Bonchev–Trinajstić information content (AvgIpc) is 3.44. The van der Waals surface area contributed by atoms with Crippen molar-refractivity contribution in [1.29, 1.82) is 0 Å². The number of benzene rings is 2. The zero-order valence-electron chi connectivity index (χ0n) is 14.9. The summed E-state index contributed by atoms with van der Waals surface area (Å²) in [5.41, 5.74) is 2.02. The third-order valence-electron chi connectivity index (χ3n) is 4.30.